The molecular weight excluding hydrogens is 353 g/mol. The van der Waals surface area contributed by atoms with Crippen LogP contribution >= 0.6 is 11.8 Å². The SMILES string of the molecule is O=C1NC(=Nc2cccc(C(F)(F)F)c2)SC1=Cc1ccc(O)cc1. The third kappa shape index (κ3) is 4.21. The molecule has 1 fully saturated rings. The first-order chi connectivity index (χ1) is 11.8. The topological polar surface area (TPSA) is 61.7 Å². The molecule has 1 amide bonds. The van der Waals surface area contributed by atoms with Gasteiger partial charge in [0.15, 0.2) is 5.17 Å². The predicted molar refractivity (Wildman–Crippen MR) is 90.4 cm³/mol. The van der Waals surface area contributed by atoms with Crippen LogP contribution in [0.5, 0.6) is 5.75 Å². The Morgan fingerprint density at radius 1 is 1.12 bits per heavy atom. The highest BCUT2D eigenvalue weighted by atomic mass is 32.2. The van der Waals surface area contributed by atoms with Crippen LogP contribution in [0.3, 0.4) is 0 Å². The number of thioether (sulfide) groups is 1. The number of nitrogens with one attached hydrogen (secondary N) is 1. The Balaban J connectivity index is 1.82. The van der Waals surface area contributed by atoms with Gasteiger partial charge in [0.1, 0.15) is 5.75 Å². The molecule has 0 bridgehead atoms. The fourth-order valence-electron chi connectivity index (χ4n) is 2.07. The zero-order valence-electron chi connectivity index (χ0n) is 12.5. The summed E-state index contributed by atoms with van der Waals surface area (Å²) in [5.41, 5.74) is 0.00260. The van der Waals surface area contributed by atoms with Crippen LogP contribution in [0.15, 0.2) is 58.4 Å². The number of hydrogen-bond acceptors (Lipinski definition) is 4. The summed E-state index contributed by atoms with van der Waals surface area (Å²) in [7, 11) is 0. The van der Waals surface area contributed by atoms with Crippen molar-refractivity contribution in [2.45, 2.75) is 6.18 Å². The molecule has 0 unspecified atom stereocenters. The number of aliphatic imine (C=N–C) groups is 1. The van der Waals surface area contributed by atoms with E-state index in [1.807, 2.05) is 0 Å². The Labute approximate surface area is 145 Å². The van der Waals surface area contributed by atoms with Gasteiger partial charge in [-0.2, -0.15) is 13.2 Å². The molecule has 1 saturated heterocycles. The zero-order chi connectivity index (χ0) is 18.0. The zero-order valence-corrected chi connectivity index (χ0v) is 13.4. The summed E-state index contributed by atoms with van der Waals surface area (Å²) in [5.74, 6) is -0.277. The molecule has 0 aromatic heterocycles. The lowest BCUT2D eigenvalue weighted by molar-refractivity contribution is -0.137. The molecule has 4 nitrogen and oxygen atoms in total. The predicted octanol–water partition coefficient (Wildman–Crippen LogP) is 4.30. The largest absolute Gasteiger partial charge is 0.508 e. The van der Waals surface area contributed by atoms with Crippen LogP contribution in [0.4, 0.5) is 18.9 Å². The molecule has 0 atom stereocenters. The molecule has 2 aromatic carbocycles. The van der Waals surface area contributed by atoms with Gasteiger partial charge >= 0.3 is 6.18 Å². The van der Waals surface area contributed by atoms with Crippen LogP contribution in [-0.4, -0.2) is 16.2 Å². The Morgan fingerprint density at radius 2 is 1.84 bits per heavy atom. The number of nitrogens with zero attached hydrogens (tertiary/aromatic N) is 1. The monoisotopic (exact) mass is 364 g/mol. The highest BCUT2D eigenvalue weighted by Gasteiger charge is 2.30. The highest BCUT2D eigenvalue weighted by molar-refractivity contribution is 8.18. The first-order valence-corrected chi connectivity index (χ1v) is 7.89. The third-order valence-electron chi connectivity index (χ3n) is 3.25. The van der Waals surface area contributed by atoms with Crippen LogP contribution in [0.1, 0.15) is 11.1 Å². The minimum Gasteiger partial charge on any atom is -0.508 e. The highest BCUT2D eigenvalue weighted by Crippen LogP contribution is 2.33. The van der Waals surface area contributed by atoms with E-state index in [1.54, 1.807) is 18.2 Å². The van der Waals surface area contributed by atoms with E-state index in [9.17, 15) is 23.1 Å². The molecule has 1 aliphatic rings. The van der Waals surface area contributed by atoms with E-state index in [-0.39, 0.29) is 22.5 Å². The van der Waals surface area contributed by atoms with Gasteiger partial charge in [-0.1, -0.05) is 18.2 Å². The van der Waals surface area contributed by atoms with Gasteiger partial charge in [0, 0.05) is 0 Å². The van der Waals surface area contributed by atoms with Gasteiger partial charge in [-0.3, -0.25) is 4.79 Å². The lowest BCUT2D eigenvalue weighted by Crippen LogP contribution is -2.19. The van der Waals surface area contributed by atoms with Crippen LogP contribution in [-0.2, 0) is 11.0 Å². The molecule has 25 heavy (non-hydrogen) atoms. The number of benzene rings is 2. The fraction of sp³-hybridized carbons (Fsp3) is 0.0588. The van der Waals surface area contributed by atoms with Crippen molar-refractivity contribution in [2.75, 3.05) is 0 Å². The lowest BCUT2D eigenvalue weighted by Gasteiger charge is -2.06. The van der Waals surface area contributed by atoms with Gasteiger partial charge in [-0.25, -0.2) is 4.99 Å². The summed E-state index contributed by atoms with van der Waals surface area (Å²) < 4.78 is 38.2. The molecule has 0 radical (unpaired) electrons. The number of halogens is 3. The molecular formula is C17H11F3N2O2S. The Morgan fingerprint density at radius 3 is 2.52 bits per heavy atom. The van der Waals surface area contributed by atoms with Crippen molar-refractivity contribution >= 4 is 34.6 Å². The van der Waals surface area contributed by atoms with Crippen molar-refractivity contribution in [1.82, 2.24) is 5.32 Å². The molecule has 0 aliphatic carbocycles. The number of rotatable bonds is 2. The number of amides is 1. The average molecular weight is 364 g/mol. The van der Waals surface area contributed by atoms with E-state index in [0.29, 0.717) is 10.5 Å². The van der Waals surface area contributed by atoms with Crippen LogP contribution < -0.4 is 5.32 Å². The van der Waals surface area contributed by atoms with Crippen molar-refractivity contribution in [2.24, 2.45) is 4.99 Å². The second-order valence-electron chi connectivity index (χ2n) is 5.12. The number of carbonyl (C=O) groups is 1. The summed E-state index contributed by atoms with van der Waals surface area (Å²) >= 11 is 1.03. The quantitative estimate of drug-likeness (QED) is 0.781. The minimum absolute atomic E-state index is 0.100. The number of alkyl halides is 3. The first-order valence-electron chi connectivity index (χ1n) is 7.07. The third-order valence-corrected chi connectivity index (χ3v) is 4.16. The number of phenolic OH excluding ortho intramolecular Hbond substituents is 1. The van der Waals surface area contributed by atoms with Crippen molar-refractivity contribution in [3.05, 3.63) is 64.6 Å². The number of carbonyl (C=O) groups excluding carboxylic acids is 1. The van der Waals surface area contributed by atoms with Crippen molar-refractivity contribution in [3.8, 4) is 5.75 Å². The van der Waals surface area contributed by atoms with E-state index in [2.05, 4.69) is 10.3 Å². The summed E-state index contributed by atoms with van der Waals surface area (Å²) in [6.07, 6.45) is -2.85. The van der Waals surface area contributed by atoms with E-state index in [1.165, 1.54) is 24.3 Å². The summed E-state index contributed by atoms with van der Waals surface area (Å²) in [5, 5.41) is 12.0. The van der Waals surface area contributed by atoms with Gasteiger partial charge in [-0.15, -0.1) is 0 Å². The van der Waals surface area contributed by atoms with E-state index >= 15 is 0 Å². The second kappa shape index (κ2) is 6.64. The second-order valence-corrected chi connectivity index (χ2v) is 6.15. The van der Waals surface area contributed by atoms with Crippen LogP contribution in [0.25, 0.3) is 6.08 Å². The van der Waals surface area contributed by atoms with E-state index < -0.39 is 11.7 Å². The standard InChI is InChI=1S/C17H11F3N2O2S/c18-17(19,20)11-2-1-3-12(9-11)21-16-22-15(24)14(25-16)8-10-4-6-13(23)7-5-10/h1-9,23H,(H,21,22,24). The minimum atomic E-state index is -4.45. The van der Waals surface area contributed by atoms with E-state index in [0.717, 1.165) is 23.9 Å². The maximum atomic E-state index is 12.7. The first kappa shape index (κ1) is 17.1. The Kier molecular flexibility index (Phi) is 4.54. The molecule has 128 valence electrons. The normalized spacial score (nSPS) is 18.0. The van der Waals surface area contributed by atoms with Gasteiger partial charge in [0.05, 0.1) is 16.2 Å². The van der Waals surface area contributed by atoms with E-state index in [4.69, 9.17) is 0 Å². The van der Waals surface area contributed by atoms with Gasteiger partial charge in [0.2, 0.25) is 0 Å². The van der Waals surface area contributed by atoms with Crippen molar-refractivity contribution < 1.29 is 23.1 Å². The molecule has 1 heterocycles. The van der Waals surface area contributed by atoms with Crippen LogP contribution in [0, 0.1) is 0 Å². The smallest absolute Gasteiger partial charge is 0.416 e. The van der Waals surface area contributed by atoms with Crippen molar-refractivity contribution in [1.29, 1.82) is 0 Å². The molecule has 0 spiro atoms. The Bertz CT molecular complexity index is 874. The van der Waals surface area contributed by atoms with Crippen LogP contribution in [0.2, 0.25) is 0 Å². The van der Waals surface area contributed by atoms with Gasteiger partial charge in [-0.05, 0) is 53.7 Å². The maximum absolute atomic E-state index is 12.7. The number of amidine groups is 1. The summed E-state index contributed by atoms with van der Waals surface area (Å²) in [6.45, 7) is 0. The summed E-state index contributed by atoms with van der Waals surface area (Å²) in [4.78, 5) is 16.4. The lowest BCUT2D eigenvalue weighted by atomic mass is 10.2. The molecule has 0 saturated carbocycles. The average Bonchev–Trinajstić information content (AvgIpc) is 2.88. The van der Waals surface area contributed by atoms with Crippen molar-refractivity contribution in [3.63, 3.8) is 0 Å². The number of aromatic hydroxyl groups is 1. The molecule has 2 aromatic rings. The molecule has 8 heteroatoms. The molecule has 3 rings (SSSR count). The maximum Gasteiger partial charge on any atom is 0.416 e. The fourth-order valence-corrected chi connectivity index (χ4v) is 2.91. The van der Waals surface area contributed by atoms with Gasteiger partial charge < -0.3 is 10.4 Å². The summed E-state index contributed by atoms with van der Waals surface area (Å²) in [6, 6.07) is 10.8. The molecule has 1 aliphatic heterocycles. The number of phenols is 1. The Hall–Kier alpha value is -2.74. The number of hydrogen-bond donors (Lipinski definition) is 2. The molecule has 2 N–H and O–H groups in total. The van der Waals surface area contributed by atoms with Gasteiger partial charge in [0.25, 0.3) is 5.91 Å².